The summed E-state index contributed by atoms with van der Waals surface area (Å²) in [6, 6.07) is 11.1. The molecule has 0 saturated heterocycles. The fourth-order valence-electron chi connectivity index (χ4n) is 4.77. The fourth-order valence-corrected chi connectivity index (χ4v) is 5.83. The van der Waals surface area contributed by atoms with Crippen molar-refractivity contribution in [3.63, 3.8) is 0 Å². The van der Waals surface area contributed by atoms with Gasteiger partial charge in [-0.15, -0.1) is 0 Å². The zero-order valence-electron chi connectivity index (χ0n) is 28.5. The molecule has 0 spiro atoms. The second kappa shape index (κ2) is 14.2. The Kier molecular flexibility index (Phi) is 10.7. The van der Waals surface area contributed by atoms with Crippen molar-refractivity contribution in [3.8, 4) is 5.69 Å². The number of nitrogens with one attached hydrogen (secondary N) is 3. The number of hydrogen-bond donors (Lipinski definition) is 3. The number of halogens is 2. The first kappa shape index (κ1) is 37.4. The van der Waals surface area contributed by atoms with Gasteiger partial charge in [-0.2, -0.15) is 0 Å². The smallest absolute Gasteiger partial charge is 0.335 e. The molecule has 0 saturated carbocycles. The van der Waals surface area contributed by atoms with E-state index in [2.05, 4.69) is 10.6 Å². The molecule has 0 aliphatic rings. The van der Waals surface area contributed by atoms with Crippen molar-refractivity contribution in [1.29, 1.82) is 0 Å². The third-order valence-electron chi connectivity index (χ3n) is 8.13. The lowest BCUT2D eigenvalue weighted by atomic mass is 9.90. The minimum Gasteiger partial charge on any atom is -0.343 e. The van der Waals surface area contributed by atoms with Crippen molar-refractivity contribution in [3.05, 3.63) is 116 Å². The van der Waals surface area contributed by atoms with Crippen LogP contribution in [0.2, 0.25) is 0 Å². The van der Waals surface area contributed by atoms with Crippen LogP contribution in [0.5, 0.6) is 0 Å². The number of amides is 2. The lowest BCUT2D eigenvalue weighted by Gasteiger charge is -2.18. The highest BCUT2D eigenvalue weighted by Crippen LogP contribution is 2.25. The number of nitrogens with zero attached hydrogens (tertiary/aromatic N) is 2. The first-order valence-corrected chi connectivity index (χ1v) is 16.8. The summed E-state index contributed by atoms with van der Waals surface area (Å²) in [7, 11) is -1.65. The van der Waals surface area contributed by atoms with Crippen LogP contribution < -0.4 is 26.6 Å². The van der Waals surface area contributed by atoms with Gasteiger partial charge in [0.1, 0.15) is 17.3 Å². The Morgan fingerprint density at radius 3 is 2.08 bits per heavy atom. The SMILES string of the molecule is BC(=O)[C@H](Cc1ccc(-n2c(=O)c(C)c(C)n(C)c2=O)cc1)NC(=O)c1cc(F)c(NS(=O)(=O)c2ccc(NC(=O)C(C)(C)C)cc2)cc1F. The number of rotatable bonds is 10. The van der Waals surface area contributed by atoms with Crippen molar-refractivity contribution in [1.82, 2.24) is 14.5 Å². The third-order valence-corrected chi connectivity index (χ3v) is 9.51. The summed E-state index contributed by atoms with van der Waals surface area (Å²) in [4.78, 5) is 62.9. The molecule has 12 nitrogen and oxygen atoms in total. The largest absolute Gasteiger partial charge is 0.343 e. The summed E-state index contributed by atoms with van der Waals surface area (Å²) in [5, 5.41) is 5.03. The summed E-state index contributed by atoms with van der Waals surface area (Å²) in [5.41, 5.74) is -1.63. The molecule has 3 aromatic carbocycles. The predicted molar refractivity (Wildman–Crippen MR) is 187 cm³/mol. The molecular formula is C34H36BF2N5O7S. The number of carbonyl (C=O) groups is 3. The monoisotopic (exact) mass is 707 g/mol. The Labute approximate surface area is 288 Å². The van der Waals surface area contributed by atoms with Crippen molar-refractivity contribution >= 4 is 46.7 Å². The summed E-state index contributed by atoms with van der Waals surface area (Å²) in [6.07, 6.45) is -0.0537. The summed E-state index contributed by atoms with van der Waals surface area (Å²) in [6.45, 7) is 8.40. The standard InChI is InChI=1S/C34H36BF2N5O7S/c1-18-19(2)41(6)33(47)42(31(18)45)22-11-7-20(8-12-22)15-28(29(35)43)39-30(44)24-16-26(37)27(17-25(24)36)40-50(48,49)23-13-9-21(10-14-23)38-32(46)34(3,4)5/h7-14,16-17,28,40H,15,35H2,1-6H3,(H,38,46)(H,39,44)/t28-/m0/s1. The van der Waals surface area contributed by atoms with Gasteiger partial charge >= 0.3 is 5.69 Å². The predicted octanol–water partition coefficient (Wildman–Crippen LogP) is 2.72. The van der Waals surface area contributed by atoms with Gasteiger partial charge < -0.3 is 20.0 Å². The van der Waals surface area contributed by atoms with Gasteiger partial charge in [0, 0.05) is 35.5 Å². The van der Waals surface area contributed by atoms with E-state index in [1.807, 2.05) is 4.72 Å². The number of sulfonamides is 1. The second-order valence-corrected chi connectivity index (χ2v) is 14.5. The summed E-state index contributed by atoms with van der Waals surface area (Å²) >= 11 is 0. The average molecular weight is 708 g/mol. The Balaban J connectivity index is 1.48. The highest BCUT2D eigenvalue weighted by Gasteiger charge is 2.25. The van der Waals surface area contributed by atoms with Crippen LogP contribution in [-0.4, -0.2) is 48.9 Å². The molecule has 4 rings (SSSR count). The molecule has 4 aromatic rings. The second-order valence-electron chi connectivity index (χ2n) is 12.8. The van der Waals surface area contributed by atoms with E-state index >= 15 is 8.78 Å². The average Bonchev–Trinajstić information content (AvgIpc) is 3.04. The molecule has 16 heteroatoms. The molecule has 1 aromatic heterocycles. The molecule has 0 aliphatic carbocycles. The van der Waals surface area contributed by atoms with Crippen LogP contribution >= 0.6 is 0 Å². The first-order valence-electron chi connectivity index (χ1n) is 15.3. The molecule has 1 heterocycles. The Bertz CT molecular complexity index is 2190. The van der Waals surface area contributed by atoms with Crippen LogP contribution in [0.3, 0.4) is 0 Å². The Morgan fingerprint density at radius 1 is 0.920 bits per heavy atom. The number of aromatic nitrogens is 2. The lowest BCUT2D eigenvalue weighted by molar-refractivity contribution is -0.123. The lowest BCUT2D eigenvalue weighted by Crippen LogP contribution is -2.43. The van der Waals surface area contributed by atoms with Crippen LogP contribution in [0.25, 0.3) is 5.69 Å². The van der Waals surface area contributed by atoms with Gasteiger partial charge in [0.2, 0.25) is 5.91 Å². The van der Waals surface area contributed by atoms with E-state index < -0.39 is 67.2 Å². The molecule has 1 atom stereocenters. The van der Waals surface area contributed by atoms with Crippen LogP contribution in [-0.2, 0) is 33.1 Å². The van der Waals surface area contributed by atoms with E-state index in [0.29, 0.717) is 40.3 Å². The highest BCUT2D eigenvalue weighted by atomic mass is 32.2. The van der Waals surface area contributed by atoms with Gasteiger partial charge in [-0.05, 0) is 68.3 Å². The minimum atomic E-state index is -4.41. The van der Waals surface area contributed by atoms with Crippen molar-refractivity contribution in [2.75, 3.05) is 10.0 Å². The molecule has 0 radical (unpaired) electrons. The van der Waals surface area contributed by atoms with E-state index in [-0.39, 0.29) is 17.2 Å². The third kappa shape index (κ3) is 8.08. The first-order chi connectivity index (χ1) is 23.2. The molecule has 0 unspecified atom stereocenters. The normalized spacial score (nSPS) is 12.2. The summed E-state index contributed by atoms with van der Waals surface area (Å²) < 4.78 is 60.3. The number of carbonyl (C=O) groups excluding carboxylic acids is 3. The quantitative estimate of drug-likeness (QED) is 0.213. The zero-order valence-corrected chi connectivity index (χ0v) is 29.3. The molecule has 2 amide bonds. The molecule has 0 aliphatic heterocycles. The fraction of sp³-hybridized carbons (Fsp3) is 0.265. The van der Waals surface area contributed by atoms with Gasteiger partial charge in [-0.1, -0.05) is 32.9 Å². The minimum absolute atomic E-state index is 0.0537. The maximum absolute atomic E-state index is 15.1. The number of anilines is 2. The maximum Gasteiger partial charge on any atom is 0.335 e. The Morgan fingerprint density at radius 2 is 1.52 bits per heavy atom. The van der Waals surface area contributed by atoms with E-state index in [1.54, 1.807) is 53.8 Å². The molecular weight excluding hydrogens is 671 g/mol. The van der Waals surface area contributed by atoms with Crippen LogP contribution in [0.4, 0.5) is 20.2 Å². The molecule has 3 N–H and O–H groups in total. The summed E-state index contributed by atoms with van der Waals surface area (Å²) in [5.74, 6) is -3.92. The van der Waals surface area contributed by atoms with E-state index in [9.17, 15) is 32.4 Å². The van der Waals surface area contributed by atoms with Crippen molar-refractivity contribution in [2.45, 2.75) is 52.0 Å². The molecule has 262 valence electrons. The molecule has 0 fully saturated rings. The molecule has 50 heavy (non-hydrogen) atoms. The van der Waals surface area contributed by atoms with Gasteiger partial charge in [0.25, 0.3) is 21.5 Å². The number of hydrogen-bond acceptors (Lipinski definition) is 7. The van der Waals surface area contributed by atoms with E-state index in [4.69, 9.17) is 0 Å². The maximum atomic E-state index is 15.1. The van der Waals surface area contributed by atoms with Crippen molar-refractivity contribution < 1.29 is 31.6 Å². The van der Waals surface area contributed by atoms with Crippen LogP contribution in [0.1, 0.15) is 48.0 Å². The zero-order chi connectivity index (χ0) is 37.3. The topological polar surface area (TPSA) is 165 Å². The van der Waals surface area contributed by atoms with E-state index in [0.717, 1.165) is 4.57 Å². The molecule has 0 bridgehead atoms. The number of benzene rings is 3. The van der Waals surface area contributed by atoms with Gasteiger partial charge in [0.05, 0.1) is 27.9 Å². The van der Waals surface area contributed by atoms with Gasteiger partial charge in [-0.3, -0.25) is 19.1 Å². The Hall–Kier alpha value is -5.38. The van der Waals surface area contributed by atoms with Gasteiger partial charge in [-0.25, -0.2) is 26.6 Å². The van der Waals surface area contributed by atoms with E-state index in [1.165, 1.54) is 48.8 Å². The van der Waals surface area contributed by atoms with Crippen LogP contribution in [0.15, 0.2) is 75.1 Å². The van der Waals surface area contributed by atoms with Crippen LogP contribution in [0, 0.1) is 30.9 Å². The van der Waals surface area contributed by atoms with Gasteiger partial charge in [0.15, 0.2) is 7.85 Å². The van der Waals surface area contributed by atoms with Crippen molar-refractivity contribution in [2.24, 2.45) is 12.5 Å². The highest BCUT2D eigenvalue weighted by molar-refractivity contribution is 7.92.